The zero-order valence-corrected chi connectivity index (χ0v) is 22.8. The standard InChI is InChI=1S/C28H24BrN5O6/c29-21-14-20(26(25(15-21)34(38)39)40-17-18-10-12-22(13-11-18)33(36)37)16-30-32-27(19-6-2-1-3-7-19)31-24-9-5-4-8-23(24)28(32)35/h4-5,8-16,19H,1-3,6-7,17H2. The first-order valence-corrected chi connectivity index (χ1v) is 13.5. The second-order valence-corrected chi connectivity index (χ2v) is 10.4. The molecule has 1 aliphatic rings. The van der Waals surface area contributed by atoms with Crippen LogP contribution < -0.4 is 10.3 Å². The fraction of sp³-hybridized carbons (Fsp3) is 0.250. The molecule has 0 radical (unpaired) electrons. The van der Waals surface area contributed by atoms with Gasteiger partial charge in [0.05, 0.1) is 27.0 Å². The van der Waals surface area contributed by atoms with Crippen molar-refractivity contribution in [3.8, 4) is 5.75 Å². The lowest BCUT2D eigenvalue weighted by molar-refractivity contribution is -0.386. The molecular formula is C28H24BrN5O6. The van der Waals surface area contributed by atoms with Gasteiger partial charge in [-0.15, -0.1) is 0 Å². The Balaban J connectivity index is 1.56. The fourth-order valence-electron chi connectivity index (χ4n) is 4.86. The molecule has 1 heterocycles. The number of non-ortho nitro benzene ring substituents is 1. The van der Waals surface area contributed by atoms with E-state index in [-0.39, 0.29) is 40.8 Å². The predicted octanol–water partition coefficient (Wildman–Crippen LogP) is 6.48. The third kappa shape index (κ3) is 5.76. The number of aromatic nitrogens is 2. The molecule has 5 rings (SSSR count). The van der Waals surface area contributed by atoms with Crippen LogP contribution in [0.2, 0.25) is 0 Å². The van der Waals surface area contributed by atoms with Crippen LogP contribution in [0, 0.1) is 20.2 Å². The van der Waals surface area contributed by atoms with Crippen molar-refractivity contribution >= 4 is 44.4 Å². The Bertz CT molecular complexity index is 1680. The van der Waals surface area contributed by atoms with Crippen molar-refractivity contribution in [1.29, 1.82) is 0 Å². The lowest BCUT2D eigenvalue weighted by atomic mass is 9.88. The normalized spacial score (nSPS) is 14.0. The van der Waals surface area contributed by atoms with Crippen LogP contribution in [0.4, 0.5) is 11.4 Å². The molecule has 1 saturated carbocycles. The first kappa shape index (κ1) is 27.1. The summed E-state index contributed by atoms with van der Waals surface area (Å²) in [4.78, 5) is 40.1. The van der Waals surface area contributed by atoms with Crippen LogP contribution in [0.1, 0.15) is 55.0 Å². The van der Waals surface area contributed by atoms with E-state index in [4.69, 9.17) is 9.72 Å². The van der Waals surface area contributed by atoms with Gasteiger partial charge in [-0.3, -0.25) is 25.0 Å². The van der Waals surface area contributed by atoms with Crippen molar-refractivity contribution in [3.05, 3.63) is 113 Å². The lowest BCUT2D eigenvalue weighted by Gasteiger charge is -2.22. The summed E-state index contributed by atoms with van der Waals surface area (Å²) in [7, 11) is 0. The monoisotopic (exact) mass is 605 g/mol. The smallest absolute Gasteiger partial charge is 0.312 e. The van der Waals surface area contributed by atoms with E-state index in [0.717, 1.165) is 32.1 Å². The molecule has 0 aliphatic heterocycles. The Morgan fingerprint density at radius 1 is 1.02 bits per heavy atom. The highest BCUT2D eigenvalue weighted by Gasteiger charge is 2.24. The second kappa shape index (κ2) is 11.7. The summed E-state index contributed by atoms with van der Waals surface area (Å²) in [5.74, 6) is 0.590. The quantitative estimate of drug-likeness (QED) is 0.127. The Kier molecular flexibility index (Phi) is 7.96. The lowest BCUT2D eigenvalue weighted by Crippen LogP contribution is -2.25. The molecule has 0 saturated heterocycles. The number of nitro benzene ring substituents is 2. The molecular weight excluding hydrogens is 582 g/mol. The summed E-state index contributed by atoms with van der Waals surface area (Å²) < 4.78 is 7.61. The molecule has 0 unspecified atom stereocenters. The SMILES string of the molecule is O=c1c2ccccc2nc(C2CCCCC2)n1N=Cc1cc(Br)cc([N+](=O)[O-])c1OCc1ccc([N+](=O)[O-])cc1. The van der Waals surface area contributed by atoms with Gasteiger partial charge >= 0.3 is 5.69 Å². The highest BCUT2D eigenvalue weighted by molar-refractivity contribution is 9.10. The third-order valence-corrected chi connectivity index (χ3v) is 7.31. The number of nitro groups is 2. The minimum atomic E-state index is -0.565. The van der Waals surface area contributed by atoms with Crippen molar-refractivity contribution in [1.82, 2.24) is 9.66 Å². The fourth-order valence-corrected chi connectivity index (χ4v) is 5.32. The van der Waals surface area contributed by atoms with E-state index >= 15 is 0 Å². The minimum Gasteiger partial charge on any atom is -0.481 e. The molecule has 4 aromatic rings. The Hall–Kier alpha value is -4.45. The zero-order valence-electron chi connectivity index (χ0n) is 21.2. The molecule has 12 heteroatoms. The Labute approximate surface area is 236 Å². The second-order valence-electron chi connectivity index (χ2n) is 9.50. The first-order valence-electron chi connectivity index (χ1n) is 12.7. The number of fused-ring (bicyclic) bond motifs is 1. The van der Waals surface area contributed by atoms with E-state index in [2.05, 4.69) is 21.0 Å². The van der Waals surface area contributed by atoms with Crippen LogP contribution in [0.15, 0.2) is 75.0 Å². The van der Waals surface area contributed by atoms with Gasteiger partial charge in [0.25, 0.3) is 11.2 Å². The number of para-hydroxylation sites is 1. The maximum absolute atomic E-state index is 13.5. The highest BCUT2D eigenvalue weighted by atomic mass is 79.9. The van der Waals surface area contributed by atoms with Gasteiger partial charge in [-0.05, 0) is 48.7 Å². The van der Waals surface area contributed by atoms with E-state index in [0.29, 0.717) is 26.8 Å². The largest absolute Gasteiger partial charge is 0.481 e. The summed E-state index contributed by atoms with van der Waals surface area (Å²) in [6.45, 7) is -0.0773. The molecule has 0 amide bonds. The molecule has 0 spiro atoms. The van der Waals surface area contributed by atoms with Gasteiger partial charge in [-0.25, -0.2) is 4.98 Å². The van der Waals surface area contributed by atoms with Gasteiger partial charge in [0.15, 0.2) is 0 Å². The summed E-state index contributed by atoms with van der Waals surface area (Å²) >= 11 is 3.32. The van der Waals surface area contributed by atoms with E-state index in [9.17, 15) is 25.0 Å². The topological polar surface area (TPSA) is 143 Å². The molecule has 0 atom stereocenters. The Morgan fingerprint density at radius 3 is 2.45 bits per heavy atom. The molecule has 204 valence electrons. The summed E-state index contributed by atoms with van der Waals surface area (Å²) in [6, 6.07) is 15.8. The number of hydrogen-bond donors (Lipinski definition) is 0. The van der Waals surface area contributed by atoms with Gasteiger partial charge in [-0.1, -0.05) is 47.3 Å². The summed E-state index contributed by atoms with van der Waals surface area (Å²) in [5, 5.41) is 27.8. The van der Waals surface area contributed by atoms with E-state index < -0.39 is 9.85 Å². The number of nitrogens with zero attached hydrogens (tertiary/aromatic N) is 5. The molecule has 1 aromatic heterocycles. The molecule has 3 aromatic carbocycles. The zero-order chi connectivity index (χ0) is 28.2. The van der Waals surface area contributed by atoms with Crippen molar-refractivity contribution in [3.63, 3.8) is 0 Å². The van der Waals surface area contributed by atoms with Gasteiger partial charge in [0.2, 0.25) is 5.75 Å². The van der Waals surface area contributed by atoms with Gasteiger partial charge in [-0.2, -0.15) is 9.78 Å². The van der Waals surface area contributed by atoms with Gasteiger partial charge in [0, 0.05) is 34.2 Å². The molecule has 0 N–H and O–H groups in total. The van der Waals surface area contributed by atoms with Gasteiger partial charge in [0.1, 0.15) is 12.4 Å². The molecule has 40 heavy (non-hydrogen) atoms. The molecule has 0 bridgehead atoms. The number of halogens is 1. The van der Waals surface area contributed by atoms with Crippen LogP contribution in [-0.4, -0.2) is 25.7 Å². The summed E-state index contributed by atoms with van der Waals surface area (Å²) in [5.41, 5.74) is 0.770. The number of hydrogen-bond acceptors (Lipinski definition) is 8. The summed E-state index contributed by atoms with van der Waals surface area (Å²) in [6.07, 6.45) is 6.37. The van der Waals surface area contributed by atoms with Crippen LogP contribution in [0.5, 0.6) is 5.75 Å². The molecule has 11 nitrogen and oxygen atoms in total. The van der Waals surface area contributed by atoms with E-state index in [1.54, 1.807) is 24.3 Å². The highest BCUT2D eigenvalue weighted by Crippen LogP contribution is 2.35. The van der Waals surface area contributed by atoms with Crippen LogP contribution in [0.25, 0.3) is 10.9 Å². The first-order chi connectivity index (χ1) is 19.3. The molecule has 1 fully saturated rings. The maximum atomic E-state index is 13.5. The number of benzene rings is 3. The predicted molar refractivity (Wildman–Crippen MR) is 153 cm³/mol. The average molecular weight is 606 g/mol. The number of rotatable bonds is 8. The van der Waals surface area contributed by atoms with Crippen LogP contribution >= 0.6 is 15.9 Å². The van der Waals surface area contributed by atoms with Crippen LogP contribution in [-0.2, 0) is 6.61 Å². The van der Waals surface area contributed by atoms with E-state index in [1.165, 1.54) is 41.2 Å². The maximum Gasteiger partial charge on any atom is 0.312 e. The molecule has 1 aliphatic carbocycles. The van der Waals surface area contributed by atoms with Crippen molar-refractivity contribution in [2.45, 2.75) is 44.6 Å². The average Bonchev–Trinajstić information content (AvgIpc) is 2.96. The number of ether oxygens (including phenoxy) is 1. The van der Waals surface area contributed by atoms with Gasteiger partial charge < -0.3 is 4.74 Å². The Morgan fingerprint density at radius 2 is 1.75 bits per heavy atom. The van der Waals surface area contributed by atoms with E-state index in [1.807, 2.05) is 6.07 Å². The van der Waals surface area contributed by atoms with Crippen LogP contribution in [0.3, 0.4) is 0 Å². The van der Waals surface area contributed by atoms with Crippen molar-refractivity contribution in [2.24, 2.45) is 5.10 Å². The van der Waals surface area contributed by atoms with Crippen molar-refractivity contribution in [2.75, 3.05) is 0 Å². The van der Waals surface area contributed by atoms with Crippen molar-refractivity contribution < 1.29 is 14.6 Å². The minimum absolute atomic E-state index is 0.0451. The third-order valence-electron chi connectivity index (χ3n) is 6.85.